The number of allylic oxidation sites excluding steroid dienone is 2. The number of carbonyl (C=O) groups excluding carboxylic acids is 2. The number of rotatable bonds is 18. The Balaban J connectivity index is 1.32. The third-order valence-corrected chi connectivity index (χ3v) is 16.7. The van der Waals surface area contributed by atoms with Crippen LogP contribution < -0.4 is 5.32 Å². The molecule has 0 aliphatic carbocycles. The molecule has 0 saturated carbocycles. The molecule has 1 aromatic rings. The van der Waals surface area contributed by atoms with Crippen LogP contribution in [0, 0.1) is 23.7 Å². The van der Waals surface area contributed by atoms with E-state index in [1.54, 1.807) is 6.92 Å². The van der Waals surface area contributed by atoms with E-state index < -0.39 is 42.7 Å². The fourth-order valence-electron chi connectivity index (χ4n) is 12.3. The zero-order valence-electron chi connectivity index (χ0n) is 44.2. The summed E-state index contributed by atoms with van der Waals surface area (Å²) >= 11 is 0. The van der Waals surface area contributed by atoms with E-state index in [-0.39, 0.29) is 67.2 Å². The highest BCUT2D eigenvalue weighted by Crippen LogP contribution is 2.36. The minimum Gasteiger partial charge on any atom is -0.465 e. The summed E-state index contributed by atoms with van der Waals surface area (Å²) in [6.45, 7) is 16.6. The number of likely N-dealkylation sites (N-methyl/N-ethyl adjacent to an activating group) is 1. The molecule has 4 fully saturated rings. The summed E-state index contributed by atoms with van der Waals surface area (Å²) in [4.78, 5) is 38.6. The van der Waals surface area contributed by atoms with Gasteiger partial charge in [0.05, 0.1) is 44.0 Å². The summed E-state index contributed by atoms with van der Waals surface area (Å²) < 4.78 is 18.7. The number of piperidine rings is 3. The number of ketones is 1. The van der Waals surface area contributed by atoms with Gasteiger partial charge in [-0.2, -0.15) is 0 Å². The molecule has 4 N–H and O–H groups in total. The highest BCUT2D eigenvalue weighted by Gasteiger charge is 2.45. The molecule has 0 bridgehead atoms. The van der Waals surface area contributed by atoms with E-state index in [1.807, 2.05) is 43.3 Å². The molecule has 5 heterocycles. The van der Waals surface area contributed by atoms with Crippen molar-refractivity contribution in [2.45, 2.75) is 192 Å². The molecule has 13 atom stereocenters. The quantitative estimate of drug-likeness (QED) is 0.112. The molecule has 5 aliphatic heterocycles. The third kappa shape index (κ3) is 17.5. The first-order chi connectivity index (χ1) is 33.8. The maximum atomic E-state index is 15.0. The van der Waals surface area contributed by atoms with Crippen molar-refractivity contribution in [2.24, 2.45) is 23.7 Å². The third-order valence-electron chi connectivity index (χ3n) is 16.7. The molecule has 4 saturated heterocycles. The lowest BCUT2D eigenvalue weighted by atomic mass is 9.75. The Bertz CT molecular complexity index is 1730. The highest BCUT2D eigenvalue weighted by molar-refractivity contribution is 5.92. The van der Waals surface area contributed by atoms with Crippen LogP contribution in [0.15, 0.2) is 54.1 Å². The topological polar surface area (TPSA) is 148 Å². The Morgan fingerprint density at radius 1 is 0.771 bits per heavy atom. The molecule has 5 aliphatic rings. The van der Waals surface area contributed by atoms with Crippen LogP contribution >= 0.6 is 0 Å². The van der Waals surface area contributed by atoms with E-state index in [0.29, 0.717) is 38.8 Å². The Morgan fingerprint density at radius 2 is 1.37 bits per heavy atom. The molecule has 0 spiro atoms. The van der Waals surface area contributed by atoms with Crippen LogP contribution in [0.25, 0.3) is 0 Å². The lowest BCUT2D eigenvalue weighted by Crippen LogP contribution is -2.62. The Kier molecular flexibility index (Phi) is 23.8. The molecule has 1 aromatic carbocycles. The van der Waals surface area contributed by atoms with Crippen LogP contribution in [0.3, 0.4) is 0 Å². The van der Waals surface area contributed by atoms with Crippen molar-refractivity contribution in [3.05, 3.63) is 59.7 Å². The van der Waals surface area contributed by atoms with E-state index in [9.17, 15) is 24.9 Å². The van der Waals surface area contributed by atoms with Gasteiger partial charge < -0.3 is 54.4 Å². The predicted octanol–water partition coefficient (Wildman–Crippen LogP) is 6.98. The number of hydrogen-bond donors (Lipinski definition) is 4. The zero-order valence-corrected chi connectivity index (χ0v) is 44.2. The molecule has 70 heavy (non-hydrogen) atoms. The molecular formula is C57H95N5O8. The van der Waals surface area contributed by atoms with Crippen LogP contribution in [-0.4, -0.2) is 175 Å². The van der Waals surface area contributed by atoms with Gasteiger partial charge in [0, 0.05) is 43.1 Å². The smallest absolute Gasteiger partial charge is 0.308 e. The minimum absolute atomic E-state index is 0.114. The van der Waals surface area contributed by atoms with Gasteiger partial charge in [-0.05, 0) is 187 Å². The molecular weight excluding hydrogens is 883 g/mol. The van der Waals surface area contributed by atoms with E-state index in [2.05, 4.69) is 65.1 Å². The summed E-state index contributed by atoms with van der Waals surface area (Å²) in [5, 5.41) is 38.4. The van der Waals surface area contributed by atoms with Gasteiger partial charge in [-0.3, -0.25) is 9.59 Å². The largest absolute Gasteiger partial charge is 0.465 e. The second-order valence-corrected chi connectivity index (χ2v) is 22.3. The molecule has 396 valence electrons. The van der Waals surface area contributed by atoms with Crippen LogP contribution in [0.2, 0.25) is 0 Å². The van der Waals surface area contributed by atoms with Gasteiger partial charge in [0.1, 0.15) is 6.10 Å². The van der Waals surface area contributed by atoms with Crippen LogP contribution in [0.5, 0.6) is 0 Å². The lowest BCUT2D eigenvalue weighted by molar-refractivity contribution is -0.281. The van der Waals surface area contributed by atoms with Crippen molar-refractivity contribution in [1.29, 1.82) is 0 Å². The molecule has 0 amide bonds. The van der Waals surface area contributed by atoms with Crippen molar-refractivity contribution in [1.82, 2.24) is 24.9 Å². The highest BCUT2D eigenvalue weighted by atomic mass is 16.7. The standard InChI is InChI=1S/C57H95N5O8/c1-41(60-26-13-8-14-27-60)33-46-21-24-51(63)49(34-42(2)61-28-15-9-16-29-61)23-22-48(25-32-68-57-56(67)54(59(5)6)55(66)44(4)70-57)50(35-43(3)62-30-17-10-18-31-62)52(64)37-53(65)69-40-47(36-46)39-58-38-45-19-11-7-12-20-45/h7,11-12,19-21,24,36,41-44,47-50,52,54-58,64,66-67H,8-10,13-18,22-23,25-35,37-40H2,1-6H3/t41?,42?,43?,44-,47?,48?,49?,50?,52?,54+,55-,56-,57-/m1/s1. The van der Waals surface area contributed by atoms with Gasteiger partial charge >= 0.3 is 5.97 Å². The van der Waals surface area contributed by atoms with E-state index in [4.69, 9.17) is 14.2 Å². The minimum atomic E-state index is -1.07. The molecule has 0 aromatic heterocycles. The number of nitrogens with one attached hydrogen (secondary N) is 1. The fourth-order valence-corrected chi connectivity index (χ4v) is 12.3. The number of aliphatic hydroxyl groups excluding tert-OH is 3. The number of benzene rings is 1. The monoisotopic (exact) mass is 978 g/mol. The molecule has 8 unspecified atom stereocenters. The van der Waals surface area contributed by atoms with Gasteiger partial charge in [0.2, 0.25) is 0 Å². The fraction of sp³-hybridized carbons (Fsp3) is 0.789. The number of hydrogen-bond acceptors (Lipinski definition) is 13. The van der Waals surface area contributed by atoms with Crippen molar-refractivity contribution in [3.8, 4) is 0 Å². The maximum Gasteiger partial charge on any atom is 0.308 e. The number of nitrogens with zero attached hydrogens (tertiary/aromatic N) is 4. The second-order valence-electron chi connectivity index (χ2n) is 22.3. The van der Waals surface area contributed by atoms with Crippen molar-refractivity contribution in [2.75, 3.05) is 73.1 Å². The number of aliphatic hydroxyl groups is 3. The number of ether oxygens (including phenoxy) is 3. The summed E-state index contributed by atoms with van der Waals surface area (Å²) in [6.07, 6.45) is 16.5. The summed E-state index contributed by atoms with van der Waals surface area (Å²) in [6, 6.07) is 10.4. The number of carbonyl (C=O) groups is 2. The molecule has 13 heteroatoms. The van der Waals surface area contributed by atoms with E-state index in [1.165, 1.54) is 50.5 Å². The average Bonchev–Trinajstić information content (AvgIpc) is 3.36. The summed E-state index contributed by atoms with van der Waals surface area (Å²) in [7, 11) is 3.67. The number of cyclic esters (lactones) is 1. The average molecular weight is 978 g/mol. The van der Waals surface area contributed by atoms with E-state index in [0.717, 1.165) is 70.5 Å². The van der Waals surface area contributed by atoms with Gasteiger partial charge in [-0.15, -0.1) is 0 Å². The molecule has 6 rings (SSSR count). The Hall–Kier alpha value is -2.56. The summed E-state index contributed by atoms with van der Waals surface area (Å²) in [5.74, 6) is -1.06. The second kappa shape index (κ2) is 29.4. The van der Waals surface area contributed by atoms with Crippen LogP contribution in [-0.2, 0) is 30.3 Å². The first kappa shape index (κ1) is 56.7. The van der Waals surface area contributed by atoms with Crippen molar-refractivity contribution in [3.63, 3.8) is 0 Å². The summed E-state index contributed by atoms with van der Waals surface area (Å²) in [5.41, 5.74) is 2.25. The SMILES string of the molecule is CC(CC1=CC(CNCc2ccccc2)COC(=O)CC(O)C(CC(C)N2CCCCC2)C(CCO[C@@H]2O[C@H](C)[C@@H](O)[C@H](N(C)C)[C@H]2O)CCC(CC(C)N2CCCCC2)C(=O)C=C1)N1CCCCC1. The normalized spacial score (nSPS) is 32.6. The lowest BCUT2D eigenvalue weighted by Gasteiger charge is -2.44. The maximum absolute atomic E-state index is 15.0. The first-order valence-corrected chi connectivity index (χ1v) is 27.8. The van der Waals surface area contributed by atoms with E-state index >= 15 is 0 Å². The van der Waals surface area contributed by atoms with Gasteiger partial charge in [-0.25, -0.2) is 0 Å². The molecule has 0 radical (unpaired) electrons. The number of likely N-dealkylation sites (tertiary alicyclic amines) is 3. The van der Waals surface area contributed by atoms with Crippen LogP contribution in [0.4, 0.5) is 0 Å². The van der Waals surface area contributed by atoms with Gasteiger partial charge in [0.25, 0.3) is 0 Å². The number of esters is 1. The van der Waals surface area contributed by atoms with Crippen molar-refractivity contribution >= 4 is 11.8 Å². The first-order valence-electron chi connectivity index (χ1n) is 27.8. The van der Waals surface area contributed by atoms with Gasteiger partial charge in [-0.1, -0.05) is 61.7 Å². The zero-order chi connectivity index (χ0) is 50.0. The predicted molar refractivity (Wildman–Crippen MR) is 278 cm³/mol. The van der Waals surface area contributed by atoms with Gasteiger partial charge in [0.15, 0.2) is 12.1 Å². The Morgan fingerprint density at radius 3 is 1.99 bits per heavy atom. The Labute approximate surface area is 422 Å². The van der Waals surface area contributed by atoms with Crippen LogP contribution in [0.1, 0.15) is 136 Å². The molecule has 13 nitrogen and oxygen atoms in total. The van der Waals surface area contributed by atoms with Crippen molar-refractivity contribution < 1.29 is 39.1 Å².